The predicted molar refractivity (Wildman–Crippen MR) is 57.2 cm³/mol. The maximum Gasteiger partial charge on any atom is 0.338 e. The van der Waals surface area contributed by atoms with Crippen molar-refractivity contribution in [2.24, 2.45) is 0 Å². The molecule has 74 valence electrons. The Kier molecular flexibility index (Phi) is 3.46. The zero-order valence-corrected chi connectivity index (χ0v) is 8.70. The Bertz CT molecular complexity index is 365. The number of esters is 1. The Morgan fingerprint density at radius 1 is 1.43 bits per heavy atom. The number of ether oxygens (including phenoxy) is 1. The number of carbonyl (C=O) groups excluding carboxylic acids is 1. The predicted octanol–water partition coefficient (Wildman–Crippen LogP) is 2.81. The molecule has 1 aromatic rings. The van der Waals surface area contributed by atoms with Gasteiger partial charge in [-0.3, -0.25) is 0 Å². The van der Waals surface area contributed by atoms with Crippen molar-refractivity contribution in [2.45, 2.75) is 13.8 Å². The summed E-state index contributed by atoms with van der Waals surface area (Å²) >= 11 is 0. The normalized spacial score (nSPS) is 10.5. The number of allylic oxidation sites excluding steroid dienone is 1. The van der Waals surface area contributed by atoms with Gasteiger partial charge >= 0.3 is 5.97 Å². The van der Waals surface area contributed by atoms with Crippen LogP contribution in [0.15, 0.2) is 24.3 Å². The van der Waals surface area contributed by atoms with Gasteiger partial charge in [0.05, 0.1) is 12.7 Å². The second-order valence-electron chi connectivity index (χ2n) is 3.03. The summed E-state index contributed by atoms with van der Waals surface area (Å²) in [5.74, 6) is -0.290. The molecule has 0 heterocycles. The van der Waals surface area contributed by atoms with E-state index in [1.54, 1.807) is 6.07 Å². The molecule has 0 bridgehead atoms. The quantitative estimate of drug-likeness (QED) is 0.670. The highest BCUT2D eigenvalue weighted by atomic mass is 16.5. The zero-order chi connectivity index (χ0) is 10.6. The molecule has 0 N–H and O–H groups in total. The van der Waals surface area contributed by atoms with E-state index in [0.717, 1.165) is 11.1 Å². The summed E-state index contributed by atoms with van der Waals surface area (Å²) in [6, 6.07) is 5.60. The Balaban J connectivity index is 3.27. The number of aryl methyl sites for hydroxylation is 1. The van der Waals surface area contributed by atoms with Gasteiger partial charge in [-0.1, -0.05) is 24.3 Å². The summed E-state index contributed by atoms with van der Waals surface area (Å²) in [4.78, 5) is 11.4. The molecule has 0 aromatic heterocycles. The molecule has 0 unspecified atom stereocenters. The number of hydrogen-bond acceptors (Lipinski definition) is 2. The average molecular weight is 190 g/mol. The first-order valence-corrected chi connectivity index (χ1v) is 4.51. The number of rotatable bonds is 2. The Labute approximate surface area is 84.2 Å². The second kappa shape index (κ2) is 4.61. The van der Waals surface area contributed by atoms with Crippen molar-refractivity contribution < 1.29 is 9.53 Å². The largest absolute Gasteiger partial charge is 0.465 e. The molecule has 1 aromatic carbocycles. The van der Waals surface area contributed by atoms with Crippen LogP contribution in [-0.2, 0) is 4.74 Å². The van der Waals surface area contributed by atoms with E-state index in [1.807, 2.05) is 38.1 Å². The number of carbonyl (C=O) groups is 1. The molecule has 0 aliphatic heterocycles. The molecule has 2 heteroatoms. The maximum atomic E-state index is 11.4. The lowest BCUT2D eigenvalue weighted by Crippen LogP contribution is -2.04. The Morgan fingerprint density at radius 3 is 2.71 bits per heavy atom. The fourth-order valence-electron chi connectivity index (χ4n) is 1.36. The van der Waals surface area contributed by atoms with E-state index in [0.29, 0.717) is 5.56 Å². The lowest BCUT2D eigenvalue weighted by atomic mass is 10.0. The first-order valence-electron chi connectivity index (χ1n) is 4.51. The van der Waals surface area contributed by atoms with Crippen molar-refractivity contribution >= 4 is 12.0 Å². The number of methoxy groups -OCH3 is 1. The van der Waals surface area contributed by atoms with E-state index in [9.17, 15) is 4.79 Å². The fourth-order valence-corrected chi connectivity index (χ4v) is 1.36. The highest BCUT2D eigenvalue weighted by molar-refractivity contribution is 5.94. The third-order valence-corrected chi connectivity index (χ3v) is 2.06. The van der Waals surface area contributed by atoms with E-state index >= 15 is 0 Å². The minimum atomic E-state index is -0.290. The Hall–Kier alpha value is -1.57. The van der Waals surface area contributed by atoms with Gasteiger partial charge in [-0.15, -0.1) is 0 Å². The summed E-state index contributed by atoms with van der Waals surface area (Å²) in [6.45, 7) is 3.90. The van der Waals surface area contributed by atoms with Gasteiger partial charge in [0.1, 0.15) is 0 Å². The van der Waals surface area contributed by atoms with Crippen LogP contribution in [0.25, 0.3) is 6.08 Å². The summed E-state index contributed by atoms with van der Waals surface area (Å²) in [6.07, 6.45) is 3.83. The van der Waals surface area contributed by atoms with Gasteiger partial charge in [0, 0.05) is 0 Å². The van der Waals surface area contributed by atoms with Crippen LogP contribution in [0.3, 0.4) is 0 Å². The molecule has 0 aliphatic rings. The summed E-state index contributed by atoms with van der Waals surface area (Å²) in [7, 11) is 1.39. The van der Waals surface area contributed by atoms with Crippen LogP contribution in [0.2, 0.25) is 0 Å². The smallest absolute Gasteiger partial charge is 0.338 e. The summed E-state index contributed by atoms with van der Waals surface area (Å²) in [5.41, 5.74) is 2.62. The third-order valence-electron chi connectivity index (χ3n) is 2.06. The van der Waals surface area contributed by atoms with E-state index in [2.05, 4.69) is 0 Å². The van der Waals surface area contributed by atoms with Crippen LogP contribution in [0, 0.1) is 6.92 Å². The molecule has 0 saturated heterocycles. The van der Waals surface area contributed by atoms with Crippen molar-refractivity contribution in [3.63, 3.8) is 0 Å². The summed E-state index contributed by atoms with van der Waals surface area (Å²) in [5, 5.41) is 0. The van der Waals surface area contributed by atoms with Gasteiger partial charge in [0.25, 0.3) is 0 Å². The molecule has 0 amide bonds. The SMILES string of the molecule is C/C=C/c1c(C)cccc1C(=O)OC. The van der Waals surface area contributed by atoms with Crippen molar-refractivity contribution in [3.05, 3.63) is 41.0 Å². The first-order chi connectivity index (χ1) is 6.70. The standard InChI is InChI=1S/C12H14O2/c1-4-6-10-9(2)7-5-8-11(10)12(13)14-3/h4-8H,1-3H3/b6-4+. The van der Waals surface area contributed by atoms with Crippen LogP contribution in [0.1, 0.15) is 28.4 Å². The molecule has 0 aliphatic carbocycles. The number of hydrogen-bond donors (Lipinski definition) is 0. The minimum absolute atomic E-state index is 0.290. The molecule has 2 nitrogen and oxygen atoms in total. The molecule has 0 radical (unpaired) electrons. The van der Waals surface area contributed by atoms with Gasteiger partial charge in [-0.25, -0.2) is 4.79 Å². The van der Waals surface area contributed by atoms with Crippen molar-refractivity contribution in [2.75, 3.05) is 7.11 Å². The molecule has 0 atom stereocenters. The third kappa shape index (κ3) is 2.02. The topological polar surface area (TPSA) is 26.3 Å². The average Bonchev–Trinajstić information content (AvgIpc) is 2.20. The zero-order valence-electron chi connectivity index (χ0n) is 8.70. The molecular formula is C12H14O2. The van der Waals surface area contributed by atoms with Gasteiger partial charge in [-0.05, 0) is 31.0 Å². The van der Waals surface area contributed by atoms with Crippen LogP contribution >= 0.6 is 0 Å². The van der Waals surface area contributed by atoms with Gasteiger partial charge in [-0.2, -0.15) is 0 Å². The summed E-state index contributed by atoms with van der Waals surface area (Å²) < 4.78 is 4.71. The van der Waals surface area contributed by atoms with Crippen LogP contribution in [0.4, 0.5) is 0 Å². The maximum absolute atomic E-state index is 11.4. The van der Waals surface area contributed by atoms with Crippen LogP contribution in [-0.4, -0.2) is 13.1 Å². The second-order valence-corrected chi connectivity index (χ2v) is 3.03. The molecule has 0 spiro atoms. The highest BCUT2D eigenvalue weighted by Crippen LogP contribution is 2.16. The lowest BCUT2D eigenvalue weighted by Gasteiger charge is -2.06. The lowest BCUT2D eigenvalue weighted by molar-refractivity contribution is 0.0600. The van der Waals surface area contributed by atoms with E-state index in [-0.39, 0.29) is 5.97 Å². The van der Waals surface area contributed by atoms with E-state index in [1.165, 1.54) is 7.11 Å². The molecule has 0 saturated carbocycles. The molecular weight excluding hydrogens is 176 g/mol. The molecule has 1 rings (SSSR count). The fraction of sp³-hybridized carbons (Fsp3) is 0.250. The van der Waals surface area contributed by atoms with Crippen molar-refractivity contribution in [1.82, 2.24) is 0 Å². The first kappa shape index (κ1) is 10.5. The van der Waals surface area contributed by atoms with Gasteiger partial charge in [0.15, 0.2) is 0 Å². The van der Waals surface area contributed by atoms with E-state index < -0.39 is 0 Å². The van der Waals surface area contributed by atoms with Gasteiger partial charge < -0.3 is 4.74 Å². The van der Waals surface area contributed by atoms with E-state index in [4.69, 9.17) is 4.74 Å². The molecule has 14 heavy (non-hydrogen) atoms. The number of benzene rings is 1. The Morgan fingerprint density at radius 2 is 2.14 bits per heavy atom. The molecule has 0 fully saturated rings. The van der Waals surface area contributed by atoms with Crippen LogP contribution in [0.5, 0.6) is 0 Å². The van der Waals surface area contributed by atoms with Gasteiger partial charge in [0.2, 0.25) is 0 Å². The van der Waals surface area contributed by atoms with Crippen LogP contribution < -0.4 is 0 Å². The van der Waals surface area contributed by atoms with Crippen molar-refractivity contribution in [3.8, 4) is 0 Å². The van der Waals surface area contributed by atoms with Crippen molar-refractivity contribution in [1.29, 1.82) is 0 Å². The highest BCUT2D eigenvalue weighted by Gasteiger charge is 2.10. The minimum Gasteiger partial charge on any atom is -0.465 e. The monoisotopic (exact) mass is 190 g/mol.